The fraction of sp³-hybridized carbons (Fsp3) is 0.333. The molecule has 0 amide bonds. The molecule has 2 nitrogen and oxygen atoms in total. The van der Waals surface area contributed by atoms with E-state index in [1.54, 1.807) is 0 Å². The van der Waals surface area contributed by atoms with Crippen LogP contribution in [0, 0.1) is 5.82 Å². The van der Waals surface area contributed by atoms with Crippen LogP contribution in [0.15, 0.2) is 18.2 Å². The molecule has 1 unspecified atom stereocenters. The first-order chi connectivity index (χ1) is 6.19. The van der Waals surface area contributed by atoms with Crippen LogP contribution >= 0.6 is 0 Å². The molecule has 1 atom stereocenters. The lowest BCUT2D eigenvalue weighted by molar-refractivity contribution is 0.329. The molecule has 0 fully saturated rings. The molecular formula is C9H11F2NO. The standard InChI is InChI=1S/C9H11F2NO/c1-13-9-3-2-6(10)4-7(9)8(11)5-12/h2-4,8H,5,12H2,1H3. The Hall–Kier alpha value is -1.16. The molecule has 72 valence electrons. The second kappa shape index (κ2) is 4.18. The summed E-state index contributed by atoms with van der Waals surface area (Å²) < 4.78 is 30.7. The molecule has 1 aromatic carbocycles. The van der Waals surface area contributed by atoms with Crippen LogP contribution in [0.2, 0.25) is 0 Å². The monoisotopic (exact) mass is 187 g/mol. The Bertz CT molecular complexity index is 291. The van der Waals surface area contributed by atoms with E-state index < -0.39 is 12.0 Å². The van der Waals surface area contributed by atoms with Crippen molar-refractivity contribution in [2.45, 2.75) is 6.17 Å². The maximum Gasteiger partial charge on any atom is 0.141 e. The zero-order valence-electron chi connectivity index (χ0n) is 7.26. The van der Waals surface area contributed by atoms with E-state index >= 15 is 0 Å². The molecule has 13 heavy (non-hydrogen) atoms. The van der Waals surface area contributed by atoms with Gasteiger partial charge in [-0.1, -0.05) is 0 Å². The van der Waals surface area contributed by atoms with Crippen LogP contribution in [0.3, 0.4) is 0 Å². The molecule has 0 saturated heterocycles. The van der Waals surface area contributed by atoms with Gasteiger partial charge in [-0.15, -0.1) is 0 Å². The smallest absolute Gasteiger partial charge is 0.141 e. The van der Waals surface area contributed by atoms with Crippen molar-refractivity contribution in [3.63, 3.8) is 0 Å². The molecule has 0 aliphatic carbocycles. The van der Waals surface area contributed by atoms with Gasteiger partial charge in [-0.2, -0.15) is 0 Å². The SMILES string of the molecule is COc1ccc(F)cc1C(F)CN. The predicted molar refractivity (Wildman–Crippen MR) is 45.9 cm³/mol. The van der Waals surface area contributed by atoms with Crippen LogP contribution in [0.25, 0.3) is 0 Å². The van der Waals surface area contributed by atoms with Gasteiger partial charge in [0.25, 0.3) is 0 Å². The first-order valence-corrected chi connectivity index (χ1v) is 3.86. The van der Waals surface area contributed by atoms with E-state index in [9.17, 15) is 8.78 Å². The van der Waals surface area contributed by atoms with E-state index in [0.717, 1.165) is 6.07 Å². The highest BCUT2D eigenvalue weighted by Gasteiger charge is 2.13. The molecule has 2 N–H and O–H groups in total. The number of ether oxygens (including phenoxy) is 1. The summed E-state index contributed by atoms with van der Waals surface area (Å²) in [6.07, 6.45) is -1.38. The molecule has 0 aromatic heterocycles. The van der Waals surface area contributed by atoms with Gasteiger partial charge in [-0.3, -0.25) is 0 Å². The number of methoxy groups -OCH3 is 1. The van der Waals surface area contributed by atoms with Crippen LogP contribution in [-0.4, -0.2) is 13.7 Å². The molecule has 1 rings (SSSR count). The zero-order valence-corrected chi connectivity index (χ0v) is 7.26. The van der Waals surface area contributed by atoms with Crippen LogP contribution in [0.4, 0.5) is 8.78 Å². The minimum Gasteiger partial charge on any atom is -0.496 e. The highest BCUT2D eigenvalue weighted by atomic mass is 19.1. The molecular weight excluding hydrogens is 176 g/mol. The number of nitrogens with two attached hydrogens (primary N) is 1. The van der Waals surface area contributed by atoms with Gasteiger partial charge >= 0.3 is 0 Å². The van der Waals surface area contributed by atoms with Crippen molar-refractivity contribution >= 4 is 0 Å². The van der Waals surface area contributed by atoms with Crippen molar-refractivity contribution < 1.29 is 13.5 Å². The second-order valence-corrected chi connectivity index (χ2v) is 2.59. The number of hydrogen-bond donors (Lipinski definition) is 1. The normalized spacial score (nSPS) is 12.6. The summed E-state index contributed by atoms with van der Waals surface area (Å²) in [5.41, 5.74) is 5.28. The van der Waals surface area contributed by atoms with E-state index in [2.05, 4.69) is 0 Å². The summed E-state index contributed by atoms with van der Waals surface area (Å²) in [4.78, 5) is 0. The number of rotatable bonds is 3. The number of alkyl halides is 1. The highest BCUT2D eigenvalue weighted by Crippen LogP contribution is 2.27. The van der Waals surface area contributed by atoms with E-state index in [4.69, 9.17) is 10.5 Å². The molecule has 0 heterocycles. The van der Waals surface area contributed by atoms with Crippen molar-refractivity contribution in [1.29, 1.82) is 0 Å². The fourth-order valence-electron chi connectivity index (χ4n) is 1.08. The number of benzene rings is 1. The van der Waals surface area contributed by atoms with E-state index in [-0.39, 0.29) is 12.1 Å². The topological polar surface area (TPSA) is 35.2 Å². The van der Waals surface area contributed by atoms with Crippen LogP contribution in [-0.2, 0) is 0 Å². The Labute approximate surface area is 75.3 Å². The van der Waals surface area contributed by atoms with Crippen LogP contribution in [0.5, 0.6) is 5.75 Å². The summed E-state index contributed by atoms with van der Waals surface area (Å²) in [7, 11) is 1.40. The van der Waals surface area contributed by atoms with Crippen LogP contribution in [0.1, 0.15) is 11.7 Å². The maximum absolute atomic E-state index is 13.1. The van der Waals surface area contributed by atoms with Crippen molar-refractivity contribution in [3.8, 4) is 5.75 Å². The minimum absolute atomic E-state index is 0.157. The summed E-state index contributed by atoms with van der Waals surface area (Å²) in [5, 5.41) is 0. The van der Waals surface area contributed by atoms with E-state index in [1.165, 1.54) is 19.2 Å². The third kappa shape index (κ3) is 2.15. The Balaban J connectivity index is 3.07. The molecule has 4 heteroatoms. The fourth-order valence-corrected chi connectivity index (χ4v) is 1.08. The Morgan fingerprint density at radius 2 is 2.23 bits per heavy atom. The lowest BCUT2D eigenvalue weighted by Crippen LogP contribution is -2.09. The Morgan fingerprint density at radius 1 is 1.54 bits per heavy atom. The van der Waals surface area contributed by atoms with Gasteiger partial charge in [0.15, 0.2) is 0 Å². The number of halogens is 2. The molecule has 0 aliphatic rings. The number of hydrogen-bond acceptors (Lipinski definition) is 2. The summed E-state index contributed by atoms with van der Waals surface area (Å²) in [6.45, 7) is -0.181. The molecule has 0 spiro atoms. The first-order valence-electron chi connectivity index (χ1n) is 3.86. The van der Waals surface area contributed by atoms with Gasteiger partial charge in [0.2, 0.25) is 0 Å². The molecule has 0 saturated carbocycles. The highest BCUT2D eigenvalue weighted by molar-refractivity contribution is 5.35. The lowest BCUT2D eigenvalue weighted by Gasteiger charge is -2.10. The second-order valence-electron chi connectivity index (χ2n) is 2.59. The van der Waals surface area contributed by atoms with Crippen LogP contribution < -0.4 is 10.5 Å². The average Bonchev–Trinajstić information content (AvgIpc) is 2.16. The van der Waals surface area contributed by atoms with Gasteiger partial charge in [0.05, 0.1) is 7.11 Å². The maximum atomic E-state index is 13.1. The van der Waals surface area contributed by atoms with Crippen molar-refractivity contribution in [3.05, 3.63) is 29.6 Å². The first kappa shape index (κ1) is 9.92. The van der Waals surface area contributed by atoms with Gasteiger partial charge in [-0.05, 0) is 18.2 Å². The van der Waals surface area contributed by atoms with Crippen molar-refractivity contribution in [2.75, 3.05) is 13.7 Å². The Kier molecular flexibility index (Phi) is 3.19. The summed E-state index contributed by atoms with van der Waals surface area (Å²) >= 11 is 0. The summed E-state index contributed by atoms with van der Waals surface area (Å²) in [6, 6.07) is 3.69. The average molecular weight is 187 g/mol. The van der Waals surface area contributed by atoms with Gasteiger partial charge in [0, 0.05) is 12.1 Å². The van der Waals surface area contributed by atoms with Gasteiger partial charge in [-0.25, -0.2) is 8.78 Å². The zero-order chi connectivity index (χ0) is 9.84. The third-order valence-corrected chi connectivity index (χ3v) is 1.74. The quantitative estimate of drug-likeness (QED) is 0.783. The third-order valence-electron chi connectivity index (χ3n) is 1.74. The van der Waals surface area contributed by atoms with Gasteiger partial charge in [0.1, 0.15) is 17.7 Å². The lowest BCUT2D eigenvalue weighted by atomic mass is 10.1. The van der Waals surface area contributed by atoms with E-state index in [1.807, 2.05) is 0 Å². The van der Waals surface area contributed by atoms with Gasteiger partial charge < -0.3 is 10.5 Å². The van der Waals surface area contributed by atoms with Crippen molar-refractivity contribution in [2.24, 2.45) is 5.73 Å². The molecule has 1 aromatic rings. The Morgan fingerprint density at radius 3 is 2.77 bits per heavy atom. The largest absolute Gasteiger partial charge is 0.496 e. The predicted octanol–water partition coefficient (Wildman–Crippen LogP) is 1.80. The molecule has 0 bridgehead atoms. The van der Waals surface area contributed by atoms with E-state index in [0.29, 0.717) is 5.75 Å². The summed E-state index contributed by atoms with van der Waals surface area (Å²) in [5.74, 6) is -0.175. The van der Waals surface area contributed by atoms with Crippen molar-refractivity contribution in [1.82, 2.24) is 0 Å². The molecule has 0 aliphatic heterocycles. The minimum atomic E-state index is -1.38. The molecule has 0 radical (unpaired) electrons.